The second-order valence-corrected chi connectivity index (χ2v) is 5.51. The van der Waals surface area contributed by atoms with E-state index in [4.69, 9.17) is 0 Å². The van der Waals surface area contributed by atoms with Gasteiger partial charge in [-0.05, 0) is 43.9 Å². The summed E-state index contributed by atoms with van der Waals surface area (Å²) >= 11 is 0. The van der Waals surface area contributed by atoms with E-state index in [0.717, 1.165) is 24.6 Å². The fraction of sp³-hybridized carbons (Fsp3) is 0.600. The van der Waals surface area contributed by atoms with Crippen molar-refractivity contribution in [2.75, 3.05) is 19.6 Å². The minimum absolute atomic E-state index is 0.0784. The van der Waals surface area contributed by atoms with Gasteiger partial charge in [0, 0.05) is 25.2 Å². The third-order valence-electron chi connectivity index (χ3n) is 4.07. The van der Waals surface area contributed by atoms with Crippen molar-refractivity contribution in [1.82, 2.24) is 10.2 Å². The highest BCUT2D eigenvalue weighted by atomic mass is 19.1. The Bertz CT molecular complexity index is 403. The van der Waals surface area contributed by atoms with Crippen LogP contribution in [-0.4, -0.2) is 36.6 Å². The van der Waals surface area contributed by atoms with Gasteiger partial charge in [-0.3, -0.25) is 4.90 Å². The molecule has 1 aromatic rings. The first-order valence-electron chi connectivity index (χ1n) is 7.04. The number of nitrogens with zero attached hydrogens (tertiary/aromatic N) is 1. The summed E-state index contributed by atoms with van der Waals surface area (Å²) in [6, 6.07) is 8.56. The van der Waals surface area contributed by atoms with Crippen LogP contribution >= 0.6 is 0 Å². The number of hydrogen-bond acceptors (Lipinski definition) is 2. The molecule has 0 bridgehead atoms. The Morgan fingerprint density at radius 1 is 1.22 bits per heavy atom. The van der Waals surface area contributed by atoms with Crippen molar-refractivity contribution >= 4 is 0 Å². The molecule has 0 radical (unpaired) electrons. The molecule has 0 aromatic heterocycles. The van der Waals surface area contributed by atoms with Gasteiger partial charge < -0.3 is 5.32 Å². The summed E-state index contributed by atoms with van der Waals surface area (Å²) in [4.78, 5) is 2.60. The summed E-state index contributed by atoms with van der Waals surface area (Å²) in [6.45, 7) is 3.30. The standard InChI is InChI=1S/C15H21FN2/c16-15-4-2-1-3-12(15)7-9-17-13-8-10-18(11-13)14-5-6-14/h1-4,13-14,17H,5-11H2. The third-order valence-corrected chi connectivity index (χ3v) is 4.07. The van der Waals surface area contributed by atoms with Crippen LogP contribution in [0.25, 0.3) is 0 Å². The van der Waals surface area contributed by atoms with Crippen LogP contribution in [0.1, 0.15) is 24.8 Å². The average molecular weight is 248 g/mol. The number of rotatable bonds is 5. The van der Waals surface area contributed by atoms with Crippen molar-refractivity contribution < 1.29 is 4.39 Å². The van der Waals surface area contributed by atoms with E-state index in [0.29, 0.717) is 6.04 Å². The molecule has 98 valence electrons. The Morgan fingerprint density at radius 2 is 2.06 bits per heavy atom. The fourth-order valence-corrected chi connectivity index (χ4v) is 2.84. The van der Waals surface area contributed by atoms with E-state index < -0.39 is 0 Å². The minimum Gasteiger partial charge on any atom is -0.312 e. The molecule has 1 N–H and O–H groups in total. The molecule has 2 fully saturated rings. The maximum Gasteiger partial charge on any atom is 0.126 e. The highest BCUT2D eigenvalue weighted by Gasteiger charge is 2.33. The summed E-state index contributed by atoms with van der Waals surface area (Å²) < 4.78 is 13.4. The van der Waals surface area contributed by atoms with Crippen LogP contribution < -0.4 is 5.32 Å². The van der Waals surface area contributed by atoms with Crippen molar-refractivity contribution in [3.63, 3.8) is 0 Å². The molecule has 1 aliphatic carbocycles. The van der Waals surface area contributed by atoms with E-state index in [1.165, 1.54) is 32.4 Å². The average Bonchev–Trinajstić information content (AvgIpc) is 3.12. The largest absolute Gasteiger partial charge is 0.312 e. The van der Waals surface area contributed by atoms with Gasteiger partial charge in [0.2, 0.25) is 0 Å². The molecule has 18 heavy (non-hydrogen) atoms. The third kappa shape index (κ3) is 2.90. The van der Waals surface area contributed by atoms with Gasteiger partial charge in [-0.2, -0.15) is 0 Å². The monoisotopic (exact) mass is 248 g/mol. The van der Waals surface area contributed by atoms with E-state index in [-0.39, 0.29) is 5.82 Å². The number of halogens is 1. The second-order valence-electron chi connectivity index (χ2n) is 5.51. The maximum absolute atomic E-state index is 13.4. The number of hydrogen-bond donors (Lipinski definition) is 1. The molecule has 2 aliphatic rings. The van der Waals surface area contributed by atoms with Crippen LogP contribution in [-0.2, 0) is 6.42 Å². The summed E-state index contributed by atoms with van der Waals surface area (Å²) in [5.41, 5.74) is 0.821. The van der Waals surface area contributed by atoms with E-state index in [1.54, 1.807) is 12.1 Å². The van der Waals surface area contributed by atoms with E-state index in [9.17, 15) is 4.39 Å². The lowest BCUT2D eigenvalue weighted by Gasteiger charge is -2.15. The Balaban J connectivity index is 1.41. The highest BCUT2D eigenvalue weighted by molar-refractivity contribution is 5.17. The van der Waals surface area contributed by atoms with Gasteiger partial charge in [-0.1, -0.05) is 18.2 Å². The highest BCUT2D eigenvalue weighted by Crippen LogP contribution is 2.29. The number of likely N-dealkylation sites (tertiary alicyclic amines) is 1. The van der Waals surface area contributed by atoms with Crippen LogP contribution in [0, 0.1) is 5.82 Å². The van der Waals surface area contributed by atoms with E-state index >= 15 is 0 Å². The zero-order valence-electron chi connectivity index (χ0n) is 10.7. The molecule has 1 aliphatic heterocycles. The molecular formula is C15H21FN2. The van der Waals surface area contributed by atoms with Crippen molar-refractivity contribution in [2.24, 2.45) is 0 Å². The molecule has 1 saturated heterocycles. The Hall–Kier alpha value is -0.930. The van der Waals surface area contributed by atoms with Crippen molar-refractivity contribution in [2.45, 2.75) is 37.8 Å². The first-order valence-corrected chi connectivity index (χ1v) is 7.04. The predicted molar refractivity (Wildman–Crippen MR) is 71.1 cm³/mol. The normalized spacial score (nSPS) is 24.6. The van der Waals surface area contributed by atoms with Gasteiger partial charge in [0.25, 0.3) is 0 Å². The van der Waals surface area contributed by atoms with Crippen molar-refractivity contribution in [1.29, 1.82) is 0 Å². The van der Waals surface area contributed by atoms with Crippen LogP contribution in [0.3, 0.4) is 0 Å². The molecule has 1 saturated carbocycles. The molecule has 0 spiro atoms. The molecule has 3 heteroatoms. The lowest BCUT2D eigenvalue weighted by Crippen LogP contribution is -2.34. The Labute approximate surface area is 108 Å². The van der Waals surface area contributed by atoms with E-state index in [1.807, 2.05) is 12.1 Å². The molecular weight excluding hydrogens is 227 g/mol. The number of nitrogens with one attached hydrogen (secondary N) is 1. The van der Waals surface area contributed by atoms with Crippen molar-refractivity contribution in [3.8, 4) is 0 Å². The molecule has 1 heterocycles. The SMILES string of the molecule is Fc1ccccc1CCNC1CCN(C2CC2)C1. The Morgan fingerprint density at radius 3 is 2.83 bits per heavy atom. The Kier molecular flexibility index (Phi) is 3.62. The molecule has 2 nitrogen and oxygen atoms in total. The summed E-state index contributed by atoms with van der Waals surface area (Å²) in [5.74, 6) is -0.0784. The van der Waals surface area contributed by atoms with Gasteiger partial charge in [0.05, 0.1) is 0 Å². The fourth-order valence-electron chi connectivity index (χ4n) is 2.84. The zero-order chi connectivity index (χ0) is 12.4. The lowest BCUT2D eigenvalue weighted by molar-refractivity contribution is 0.318. The molecule has 1 atom stereocenters. The second kappa shape index (κ2) is 5.37. The smallest absolute Gasteiger partial charge is 0.126 e. The summed E-state index contributed by atoms with van der Waals surface area (Å²) in [6.07, 6.45) is 4.81. The molecule has 0 amide bonds. The summed E-state index contributed by atoms with van der Waals surface area (Å²) in [7, 11) is 0. The van der Waals surface area contributed by atoms with E-state index in [2.05, 4.69) is 10.2 Å². The maximum atomic E-state index is 13.4. The van der Waals surface area contributed by atoms with Crippen LogP contribution in [0.2, 0.25) is 0 Å². The van der Waals surface area contributed by atoms with Gasteiger partial charge in [0.15, 0.2) is 0 Å². The minimum atomic E-state index is -0.0784. The first kappa shape index (κ1) is 12.1. The van der Waals surface area contributed by atoms with Crippen LogP contribution in [0.4, 0.5) is 4.39 Å². The predicted octanol–water partition coefficient (Wildman–Crippen LogP) is 2.19. The molecule has 1 aromatic carbocycles. The first-order chi connectivity index (χ1) is 8.83. The molecule has 3 rings (SSSR count). The van der Waals surface area contributed by atoms with Crippen LogP contribution in [0.5, 0.6) is 0 Å². The van der Waals surface area contributed by atoms with Crippen molar-refractivity contribution in [3.05, 3.63) is 35.6 Å². The van der Waals surface area contributed by atoms with Crippen LogP contribution in [0.15, 0.2) is 24.3 Å². The van der Waals surface area contributed by atoms with Gasteiger partial charge in [0.1, 0.15) is 5.82 Å². The molecule has 1 unspecified atom stereocenters. The number of benzene rings is 1. The van der Waals surface area contributed by atoms with Gasteiger partial charge >= 0.3 is 0 Å². The lowest BCUT2D eigenvalue weighted by atomic mass is 10.1. The zero-order valence-corrected chi connectivity index (χ0v) is 10.7. The topological polar surface area (TPSA) is 15.3 Å². The van der Waals surface area contributed by atoms with Gasteiger partial charge in [-0.15, -0.1) is 0 Å². The van der Waals surface area contributed by atoms with Gasteiger partial charge in [-0.25, -0.2) is 4.39 Å². The summed E-state index contributed by atoms with van der Waals surface area (Å²) in [5, 5.41) is 3.56. The quantitative estimate of drug-likeness (QED) is 0.859.